The normalized spacial score (nSPS) is 18.2. The number of carbonyl (C=O) groups is 1. The van der Waals surface area contributed by atoms with Crippen molar-refractivity contribution in [2.24, 2.45) is 0 Å². The molecule has 1 aliphatic heterocycles. The predicted molar refractivity (Wildman–Crippen MR) is 81.3 cm³/mol. The molecule has 0 spiro atoms. The first-order valence-electron chi connectivity index (χ1n) is 7.03. The highest BCUT2D eigenvalue weighted by Crippen LogP contribution is 2.19. The zero-order chi connectivity index (χ0) is 15.5. The summed E-state index contributed by atoms with van der Waals surface area (Å²) in [5.74, 6) is 1.02. The molecule has 1 aliphatic rings. The van der Waals surface area contributed by atoms with E-state index in [1.165, 1.54) is 0 Å². The van der Waals surface area contributed by atoms with Gasteiger partial charge in [0.15, 0.2) is 0 Å². The highest BCUT2D eigenvalue weighted by molar-refractivity contribution is 7.91. The minimum Gasteiger partial charge on any atom is -0.496 e. The lowest BCUT2D eigenvalue weighted by Gasteiger charge is -2.23. The van der Waals surface area contributed by atoms with E-state index < -0.39 is 9.84 Å². The molecule has 0 aliphatic carbocycles. The Balaban J connectivity index is 1.90. The first-order valence-corrected chi connectivity index (χ1v) is 8.85. The highest BCUT2D eigenvalue weighted by Gasteiger charge is 2.24. The molecular weight excluding hydrogens is 290 g/mol. The van der Waals surface area contributed by atoms with Crippen molar-refractivity contribution in [3.05, 3.63) is 29.3 Å². The van der Waals surface area contributed by atoms with Crippen molar-refractivity contribution in [2.75, 3.05) is 18.6 Å². The molecule has 5 nitrogen and oxygen atoms in total. The van der Waals surface area contributed by atoms with Gasteiger partial charge in [0.05, 0.1) is 25.0 Å². The maximum Gasteiger partial charge on any atom is 0.224 e. The van der Waals surface area contributed by atoms with Crippen molar-refractivity contribution >= 4 is 15.7 Å². The van der Waals surface area contributed by atoms with Gasteiger partial charge >= 0.3 is 0 Å². The highest BCUT2D eigenvalue weighted by atomic mass is 32.2. The number of ether oxygens (including phenoxy) is 1. The van der Waals surface area contributed by atoms with E-state index in [0.29, 0.717) is 12.8 Å². The lowest BCUT2D eigenvalue weighted by atomic mass is 10.1. The van der Waals surface area contributed by atoms with E-state index in [2.05, 4.69) is 5.32 Å². The van der Waals surface area contributed by atoms with Gasteiger partial charge in [-0.2, -0.15) is 0 Å². The lowest BCUT2D eigenvalue weighted by molar-refractivity contribution is -0.121. The van der Waals surface area contributed by atoms with Gasteiger partial charge in [0, 0.05) is 6.04 Å². The second-order valence-corrected chi connectivity index (χ2v) is 7.78. The van der Waals surface area contributed by atoms with E-state index in [4.69, 9.17) is 4.74 Å². The summed E-state index contributed by atoms with van der Waals surface area (Å²) in [6.45, 7) is 1.95. The number of amides is 1. The van der Waals surface area contributed by atoms with Gasteiger partial charge in [-0.15, -0.1) is 0 Å². The van der Waals surface area contributed by atoms with E-state index in [0.717, 1.165) is 16.9 Å². The summed E-state index contributed by atoms with van der Waals surface area (Å²) in [6.07, 6.45) is 1.29. The fourth-order valence-corrected chi connectivity index (χ4v) is 3.96. The number of benzene rings is 1. The fraction of sp³-hybridized carbons (Fsp3) is 0.533. The number of hydrogen-bond donors (Lipinski definition) is 1. The number of sulfone groups is 1. The zero-order valence-corrected chi connectivity index (χ0v) is 13.2. The van der Waals surface area contributed by atoms with Crippen molar-refractivity contribution in [1.29, 1.82) is 0 Å². The minimum absolute atomic E-state index is 0.0339. The van der Waals surface area contributed by atoms with Crippen LogP contribution in [0.5, 0.6) is 5.75 Å². The zero-order valence-electron chi connectivity index (χ0n) is 12.4. The van der Waals surface area contributed by atoms with Crippen LogP contribution < -0.4 is 10.1 Å². The quantitative estimate of drug-likeness (QED) is 0.908. The average Bonchev–Trinajstić information content (AvgIpc) is 2.43. The van der Waals surface area contributed by atoms with Gasteiger partial charge in [0.1, 0.15) is 15.6 Å². The molecule has 1 amide bonds. The summed E-state index contributed by atoms with van der Waals surface area (Å²) >= 11 is 0. The second-order valence-electron chi connectivity index (χ2n) is 5.47. The van der Waals surface area contributed by atoms with Gasteiger partial charge in [-0.3, -0.25) is 4.79 Å². The number of hydrogen-bond acceptors (Lipinski definition) is 4. The molecule has 1 aromatic rings. The molecule has 1 heterocycles. The predicted octanol–water partition coefficient (Wildman–Crippen LogP) is 1.24. The number of nitrogens with one attached hydrogen (secondary N) is 1. The fourth-order valence-electron chi connectivity index (χ4n) is 2.47. The summed E-state index contributed by atoms with van der Waals surface area (Å²) in [5, 5.41) is 2.91. The van der Waals surface area contributed by atoms with Gasteiger partial charge < -0.3 is 10.1 Å². The molecule has 1 N–H and O–H groups in total. The molecular formula is C15H21NO4S. The Hall–Kier alpha value is -1.56. The maximum absolute atomic E-state index is 12.0. The Bertz CT molecular complexity index is 611. The Kier molecular flexibility index (Phi) is 4.88. The largest absolute Gasteiger partial charge is 0.496 e. The van der Waals surface area contributed by atoms with E-state index >= 15 is 0 Å². The summed E-state index contributed by atoms with van der Waals surface area (Å²) in [5.41, 5.74) is 1.91. The monoisotopic (exact) mass is 311 g/mol. The van der Waals surface area contributed by atoms with Crippen LogP contribution in [0.4, 0.5) is 0 Å². The van der Waals surface area contributed by atoms with Crippen LogP contribution in [0.2, 0.25) is 0 Å². The minimum atomic E-state index is -2.89. The number of carbonyl (C=O) groups excluding carboxylic acids is 1. The van der Waals surface area contributed by atoms with Gasteiger partial charge in [0.25, 0.3) is 0 Å². The second kappa shape index (κ2) is 6.47. The molecule has 21 heavy (non-hydrogen) atoms. The number of methoxy groups -OCH3 is 1. The molecule has 2 rings (SSSR count). The molecule has 0 radical (unpaired) electrons. The van der Waals surface area contributed by atoms with Crippen LogP contribution >= 0.6 is 0 Å². The third-order valence-corrected chi connectivity index (χ3v) is 5.47. The topological polar surface area (TPSA) is 72.5 Å². The third-order valence-electron chi connectivity index (χ3n) is 3.76. The van der Waals surface area contributed by atoms with Crippen LogP contribution in [0.1, 0.15) is 24.0 Å². The molecule has 0 aromatic heterocycles. The van der Waals surface area contributed by atoms with Gasteiger partial charge in [0.2, 0.25) is 5.91 Å². The summed E-state index contributed by atoms with van der Waals surface area (Å²) < 4.78 is 27.9. The molecule has 0 bridgehead atoms. The van der Waals surface area contributed by atoms with Gasteiger partial charge in [-0.05, 0) is 37.0 Å². The maximum atomic E-state index is 12.0. The molecule has 0 unspecified atom stereocenters. The van der Waals surface area contributed by atoms with Crippen molar-refractivity contribution in [3.8, 4) is 5.75 Å². The van der Waals surface area contributed by atoms with Crippen LogP contribution in [0.25, 0.3) is 0 Å². The Morgan fingerprint density at radius 3 is 2.62 bits per heavy atom. The SMILES string of the molecule is COc1cc(CC(=O)NC2CCS(=O)(=O)CC2)ccc1C. The summed E-state index contributed by atoms with van der Waals surface area (Å²) in [4.78, 5) is 12.0. The number of aryl methyl sites for hydroxylation is 1. The van der Waals surface area contributed by atoms with E-state index in [-0.39, 0.29) is 29.9 Å². The number of rotatable bonds is 4. The van der Waals surface area contributed by atoms with Crippen molar-refractivity contribution in [1.82, 2.24) is 5.32 Å². The van der Waals surface area contributed by atoms with Crippen LogP contribution in [0.15, 0.2) is 18.2 Å². The van der Waals surface area contributed by atoms with Crippen molar-refractivity contribution in [3.63, 3.8) is 0 Å². The lowest BCUT2D eigenvalue weighted by Crippen LogP contribution is -2.41. The van der Waals surface area contributed by atoms with E-state index in [9.17, 15) is 13.2 Å². The Morgan fingerprint density at radius 1 is 1.33 bits per heavy atom. The molecule has 1 saturated heterocycles. The Morgan fingerprint density at radius 2 is 2.00 bits per heavy atom. The molecule has 1 fully saturated rings. The van der Waals surface area contributed by atoms with Crippen LogP contribution in [-0.4, -0.2) is 39.0 Å². The molecule has 0 atom stereocenters. The Labute approximate surface area is 125 Å². The summed E-state index contributed by atoms with van der Waals surface area (Å²) in [7, 11) is -1.29. The first kappa shape index (κ1) is 15.8. The van der Waals surface area contributed by atoms with Crippen LogP contribution in [0.3, 0.4) is 0 Å². The average molecular weight is 311 g/mol. The standard InChI is InChI=1S/C15H21NO4S/c1-11-3-4-12(9-14(11)20-2)10-15(17)16-13-5-7-21(18,19)8-6-13/h3-4,9,13H,5-8,10H2,1-2H3,(H,16,17). The van der Waals surface area contributed by atoms with Crippen LogP contribution in [-0.2, 0) is 21.1 Å². The molecule has 0 saturated carbocycles. The first-order chi connectivity index (χ1) is 9.89. The van der Waals surface area contributed by atoms with Crippen molar-refractivity contribution < 1.29 is 17.9 Å². The van der Waals surface area contributed by atoms with Crippen molar-refractivity contribution in [2.45, 2.75) is 32.2 Å². The third kappa shape index (κ3) is 4.46. The van der Waals surface area contributed by atoms with E-state index in [1.807, 2.05) is 25.1 Å². The van der Waals surface area contributed by atoms with Crippen LogP contribution in [0, 0.1) is 6.92 Å². The molecule has 6 heteroatoms. The smallest absolute Gasteiger partial charge is 0.224 e. The van der Waals surface area contributed by atoms with Gasteiger partial charge in [-0.25, -0.2) is 8.42 Å². The van der Waals surface area contributed by atoms with E-state index in [1.54, 1.807) is 7.11 Å². The van der Waals surface area contributed by atoms with Gasteiger partial charge in [-0.1, -0.05) is 12.1 Å². The summed E-state index contributed by atoms with van der Waals surface area (Å²) in [6, 6.07) is 5.66. The molecule has 116 valence electrons. The molecule has 1 aromatic carbocycles.